The number of nitrogens with one attached hydrogen (secondary N) is 1. The Morgan fingerprint density at radius 2 is 2.00 bits per heavy atom. The lowest BCUT2D eigenvalue weighted by Crippen LogP contribution is -2.30. The SMILES string of the molecule is FC1(F)CCN(c2nc(Cc3cc(C(F)(F)F)ccn3)cc(C3CCCNC3)n2)C1. The molecule has 1 unspecified atom stereocenters. The molecule has 0 radical (unpaired) electrons. The highest BCUT2D eigenvalue weighted by molar-refractivity contribution is 5.37. The molecule has 10 heteroatoms. The number of alkyl halides is 5. The number of anilines is 1. The van der Waals surface area contributed by atoms with Gasteiger partial charge in [0, 0.05) is 43.7 Å². The molecule has 2 aliphatic heterocycles. The number of hydrogen-bond acceptors (Lipinski definition) is 5. The zero-order valence-electron chi connectivity index (χ0n) is 16.2. The van der Waals surface area contributed by atoms with Crippen molar-refractivity contribution in [2.75, 3.05) is 31.1 Å². The Morgan fingerprint density at radius 1 is 1.17 bits per heavy atom. The lowest BCUT2D eigenvalue weighted by Gasteiger charge is -2.24. The van der Waals surface area contributed by atoms with E-state index in [0.29, 0.717) is 12.2 Å². The molecule has 0 aromatic carbocycles. The van der Waals surface area contributed by atoms with E-state index >= 15 is 0 Å². The Labute approximate surface area is 170 Å². The Balaban J connectivity index is 1.65. The van der Waals surface area contributed by atoms with Crippen LogP contribution in [0.5, 0.6) is 0 Å². The summed E-state index contributed by atoms with van der Waals surface area (Å²) in [4.78, 5) is 14.4. The summed E-state index contributed by atoms with van der Waals surface area (Å²) in [6.45, 7) is 1.31. The molecule has 5 nitrogen and oxygen atoms in total. The molecule has 2 aliphatic rings. The number of nitrogens with zero attached hydrogens (tertiary/aromatic N) is 4. The van der Waals surface area contributed by atoms with E-state index in [1.807, 2.05) is 0 Å². The van der Waals surface area contributed by atoms with E-state index in [0.717, 1.165) is 43.4 Å². The van der Waals surface area contributed by atoms with E-state index in [-0.39, 0.29) is 36.9 Å². The molecule has 2 aromatic rings. The fourth-order valence-corrected chi connectivity index (χ4v) is 3.89. The average molecular weight is 427 g/mol. The summed E-state index contributed by atoms with van der Waals surface area (Å²) in [5, 5.41) is 3.30. The minimum atomic E-state index is -4.46. The third-order valence-electron chi connectivity index (χ3n) is 5.46. The van der Waals surface area contributed by atoms with Gasteiger partial charge in [-0.05, 0) is 37.6 Å². The zero-order chi connectivity index (χ0) is 21.4. The molecule has 0 aliphatic carbocycles. The van der Waals surface area contributed by atoms with Crippen LogP contribution in [0, 0.1) is 0 Å². The first-order valence-corrected chi connectivity index (χ1v) is 9.93. The van der Waals surface area contributed by atoms with Crippen LogP contribution in [-0.2, 0) is 12.6 Å². The van der Waals surface area contributed by atoms with E-state index in [1.165, 1.54) is 4.90 Å². The first-order chi connectivity index (χ1) is 14.2. The van der Waals surface area contributed by atoms with Crippen LogP contribution in [0.3, 0.4) is 0 Å². The highest BCUT2D eigenvalue weighted by Crippen LogP contribution is 2.32. The van der Waals surface area contributed by atoms with Crippen molar-refractivity contribution < 1.29 is 22.0 Å². The number of piperidine rings is 1. The van der Waals surface area contributed by atoms with Crippen LogP contribution in [0.25, 0.3) is 0 Å². The van der Waals surface area contributed by atoms with Crippen molar-refractivity contribution in [2.24, 2.45) is 0 Å². The number of rotatable bonds is 4. The number of halogens is 5. The molecule has 1 atom stereocenters. The van der Waals surface area contributed by atoms with Crippen molar-refractivity contribution in [3.63, 3.8) is 0 Å². The standard InChI is InChI=1S/C20H22F5N5/c21-19(22)4-7-30(12-19)18-28-16(10-17(29-18)13-2-1-5-26-11-13)9-15-8-14(3-6-27-15)20(23,24)25/h3,6,8,10,13,26H,1-2,4-5,7,9,11-12H2. The Morgan fingerprint density at radius 3 is 2.67 bits per heavy atom. The van der Waals surface area contributed by atoms with E-state index in [2.05, 4.69) is 20.3 Å². The van der Waals surface area contributed by atoms with Crippen molar-refractivity contribution in [1.82, 2.24) is 20.3 Å². The van der Waals surface area contributed by atoms with Crippen LogP contribution in [0.15, 0.2) is 24.4 Å². The van der Waals surface area contributed by atoms with Gasteiger partial charge < -0.3 is 10.2 Å². The van der Waals surface area contributed by atoms with Gasteiger partial charge in [-0.15, -0.1) is 0 Å². The molecule has 0 bridgehead atoms. The van der Waals surface area contributed by atoms with Gasteiger partial charge in [-0.3, -0.25) is 4.98 Å². The van der Waals surface area contributed by atoms with Gasteiger partial charge in [0.05, 0.1) is 23.5 Å². The van der Waals surface area contributed by atoms with Gasteiger partial charge >= 0.3 is 6.18 Å². The van der Waals surface area contributed by atoms with Gasteiger partial charge in [-0.1, -0.05) is 0 Å². The first-order valence-electron chi connectivity index (χ1n) is 9.93. The van der Waals surface area contributed by atoms with Gasteiger partial charge in [-0.2, -0.15) is 13.2 Å². The Bertz CT molecular complexity index is 895. The molecule has 1 N–H and O–H groups in total. The smallest absolute Gasteiger partial charge is 0.335 e. The van der Waals surface area contributed by atoms with E-state index < -0.39 is 24.2 Å². The van der Waals surface area contributed by atoms with Crippen LogP contribution in [0.2, 0.25) is 0 Å². The molecule has 162 valence electrons. The summed E-state index contributed by atoms with van der Waals surface area (Å²) in [6.07, 6.45) is -1.67. The maximum absolute atomic E-state index is 13.7. The highest BCUT2D eigenvalue weighted by atomic mass is 19.4. The van der Waals surface area contributed by atoms with Gasteiger partial charge in [0.2, 0.25) is 5.95 Å². The van der Waals surface area contributed by atoms with Crippen LogP contribution < -0.4 is 10.2 Å². The van der Waals surface area contributed by atoms with Crippen molar-refractivity contribution >= 4 is 5.95 Å². The Kier molecular flexibility index (Phi) is 5.61. The zero-order valence-corrected chi connectivity index (χ0v) is 16.2. The Hall–Kier alpha value is -2.36. The van der Waals surface area contributed by atoms with Gasteiger partial charge in [-0.25, -0.2) is 18.7 Å². The van der Waals surface area contributed by atoms with Crippen molar-refractivity contribution in [1.29, 1.82) is 0 Å². The van der Waals surface area contributed by atoms with E-state index in [4.69, 9.17) is 0 Å². The lowest BCUT2D eigenvalue weighted by atomic mass is 9.95. The third-order valence-corrected chi connectivity index (χ3v) is 5.46. The quantitative estimate of drug-likeness (QED) is 0.753. The molecule has 4 heterocycles. The van der Waals surface area contributed by atoms with Crippen LogP contribution in [0.1, 0.15) is 47.8 Å². The summed E-state index contributed by atoms with van der Waals surface area (Å²) in [5.74, 6) is -2.48. The first kappa shape index (κ1) is 20.9. The van der Waals surface area contributed by atoms with Crippen molar-refractivity contribution in [2.45, 2.75) is 43.7 Å². The molecule has 0 amide bonds. The summed E-state index contributed by atoms with van der Waals surface area (Å²) in [7, 11) is 0. The second-order valence-corrected chi connectivity index (χ2v) is 7.87. The topological polar surface area (TPSA) is 53.9 Å². The predicted molar refractivity (Wildman–Crippen MR) is 101 cm³/mol. The third kappa shape index (κ3) is 4.85. The van der Waals surface area contributed by atoms with Crippen LogP contribution >= 0.6 is 0 Å². The van der Waals surface area contributed by atoms with Crippen LogP contribution in [-0.4, -0.2) is 47.1 Å². The molecule has 4 rings (SSSR count). The second-order valence-electron chi connectivity index (χ2n) is 7.87. The van der Waals surface area contributed by atoms with E-state index in [9.17, 15) is 22.0 Å². The molecule has 30 heavy (non-hydrogen) atoms. The fourth-order valence-electron chi connectivity index (χ4n) is 3.89. The molecule has 2 aromatic heterocycles. The van der Waals surface area contributed by atoms with Gasteiger partial charge in [0.25, 0.3) is 5.92 Å². The monoisotopic (exact) mass is 427 g/mol. The average Bonchev–Trinajstić information content (AvgIpc) is 3.08. The minimum absolute atomic E-state index is 0.0663. The summed E-state index contributed by atoms with van der Waals surface area (Å²) >= 11 is 0. The fraction of sp³-hybridized carbons (Fsp3) is 0.550. The summed E-state index contributed by atoms with van der Waals surface area (Å²) in [5.41, 5.74) is 0.638. The van der Waals surface area contributed by atoms with E-state index in [1.54, 1.807) is 6.07 Å². The second kappa shape index (κ2) is 8.05. The lowest BCUT2D eigenvalue weighted by molar-refractivity contribution is -0.137. The maximum atomic E-state index is 13.7. The summed E-state index contributed by atoms with van der Waals surface area (Å²) < 4.78 is 66.5. The number of pyridine rings is 1. The van der Waals surface area contributed by atoms with Gasteiger partial charge in [0.15, 0.2) is 0 Å². The molecule has 0 saturated carbocycles. The highest BCUT2D eigenvalue weighted by Gasteiger charge is 2.39. The predicted octanol–water partition coefficient (Wildman–Crippen LogP) is 3.79. The largest absolute Gasteiger partial charge is 0.416 e. The summed E-state index contributed by atoms with van der Waals surface area (Å²) in [6, 6.07) is 3.67. The van der Waals surface area contributed by atoms with Crippen molar-refractivity contribution in [3.05, 3.63) is 47.0 Å². The molecule has 2 saturated heterocycles. The minimum Gasteiger partial charge on any atom is -0.335 e. The van der Waals surface area contributed by atoms with Crippen molar-refractivity contribution in [3.8, 4) is 0 Å². The number of aromatic nitrogens is 3. The number of hydrogen-bond donors (Lipinski definition) is 1. The maximum Gasteiger partial charge on any atom is 0.416 e. The molecular weight excluding hydrogens is 405 g/mol. The molecular formula is C20H22F5N5. The van der Waals surface area contributed by atoms with Crippen LogP contribution in [0.4, 0.5) is 27.9 Å². The van der Waals surface area contributed by atoms with Gasteiger partial charge in [0.1, 0.15) is 0 Å². The normalized spacial score (nSPS) is 21.8. The molecule has 0 spiro atoms. The molecule has 2 fully saturated rings.